The second-order valence-corrected chi connectivity index (χ2v) is 5.61. The number of hydrogen-bond acceptors (Lipinski definition) is 2. The lowest BCUT2D eigenvalue weighted by Crippen LogP contribution is -1.95. The van der Waals surface area contributed by atoms with Gasteiger partial charge in [0.25, 0.3) is 0 Å². The van der Waals surface area contributed by atoms with E-state index < -0.39 is 0 Å². The molecule has 1 N–H and O–H groups in total. The fraction of sp³-hybridized carbons (Fsp3) is 0.0833. The molecule has 2 nitrogen and oxygen atoms in total. The smallest absolute Gasteiger partial charge is 0.119 e. The Morgan fingerprint density at radius 3 is 1.73 bits per heavy atom. The molecule has 0 bridgehead atoms. The quantitative estimate of drug-likeness (QED) is 0.619. The number of ether oxygens (including phenoxy) is 1. The first-order valence-corrected chi connectivity index (χ1v) is 8.47. The van der Waals surface area contributed by atoms with Crippen LogP contribution in [0.3, 0.4) is 0 Å². The van der Waals surface area contributed by atoms with Crippen molar-refractivity contribution in [3.05, 3.63) is 114 Å². The van der Waals surface area contributed by atoms with Gasteiger partial charge >= 0.3 is 0 Å². The molecule has 26 heavy (non-hydrogen) atoms. The van der Waals surface area contributed by atoms with Gasteiger partial charge in [-0.1, -0.05) is 92.0 Å². The number of aliphatic hydroxyl groups is 1. The molecule has 3 aromatic rings. The molecule has 0 aliphatic carbocycles. The Morgan fingerprint density at radius 1 is 0.692 bits per heavy atom. The molecule has 0 saturated heterocycles. The normalized spacial score (nSPS) is 9.58. The molecule has 0 radical (unpaired) electrons. The molecular formula is C24H24O2. The van der Waals surface area contributed by atoms with Crippen molar-refractivity contribution in [1.82, 2.24) is 0 Å². The van der Waals surface area contributed by atoms with Crippen molar-refractivity contribution in [2.45, 2.75) is 13.2 Å². The first-order valence-electron chi connectivity index (χ1n) is 8.47. The van der Waals surface area contributed by atoms with E-state index in [9.17, 15) is 0 Å². The van der Waals surface area contributed by atoms with Crippen LogP contribution in [-0.4, -0.2) is 5.11 Å². The summed E-state index contributed by atoms with van der Waals surface area (Å²) in [6.07, 6.45) is 3.66. The van der Waals surface area contributed by atoms with Gasteiger partial charge in [-0.15, -0.1) is 0 Å². The summed E-state index contributed by atoms with van der Waals surface area (Å²) in [7, 11) is 0. The number of benzene rings is 3. The molecule has 0 saturated carbocycles. The maximum atomic E-state index is 8.90. The van der Waals surface area contributed by atoms with Gasteiger partial charge in [0.05, 0.1) is 6.61 Å². The predicted octanol–water partition coefficient (Wildman–Crippen LogP) is 5.73. The van der Waals surface area contributed by atoms with Crippen LogP contribution in [0, 0.1) is 0 Å². The van der Waals surface area contributed by atoms with Gasteiger partial charge in [-0.25, -0.2) is 0 Å². The van der Waals surface area contributed by atoms with Gasteiger partial charge in [0, 0.05) is 0 Å². The molecular weight excluding hydrogens is 320 g/mol. The first-order chi connectivity index (χ1) is 12.8. The van der Waals surface area contributed by atoms with E-state index in [4.69, 9.17) is 9.84 Å². The van der Waals surface area contributed by atoms with Crippen LogP contribution >= 0.6 is 0 Å². The minimum atomic E-state index is 0.0684. The van der Waals surface area contributed by atoms with Crippen molar-refractivity contribution in [2.24, 2.45) is 0 Å². The number of hydrogen-bond donors (Lipinski definition) is 1. The molecule has 0 atom stereocenters. The molecule has 0 aliphatic heterocycles. The van der Waals surface area contributed by atoms with E-state index in [0.29, 0.717) is 6.61 Å². The van der Waals surface area contributed by atoms with E-state index in [1.54, 1.807) is 0 Å². The highest BCUT2D eigenvalue weighted by Gasteiger charge is 1.95. The van der Waals surface area contributed by atoms with E-state index in [1.807, 2.05) is 91.0 Å². The minimum Gasteiger partial charge on any atom is -0.489 e. The Morgan fingerprint density at radius 2 is 1.23 bits per heavy atom. The average Bonchev–Trinajstić information content (AvgIpc) is 2.73. The summed E-state index contributed by atoms with van der Waals surface area (Å²) in [5.74, 6) is 0.820. The summed E-state index contributed by atoms with van der Waals surface area (Å²) in [6.45, 7) is 8.02. The summed E-state index contributed by atoms with van der Waals surface area (Å²) >= 11 is 0. The lowest BCUT2D eigenvalue weighted by Gasteiger charge is -2.06. The van der Waals surface area contributed by atoms with Crippen LogP contribution in [0.15, 0.2) is 92.0 Å². The van der Waals surface area contributed by atoms with Crippen molar-refractivity contribution in [3.63, 3.8) is 0 Å². The summed E-state index contributed by atoms with van der Waals surface area (Å²) in [5, 5.41) is 8.90. The van der Waals surface area contributed by atoms with Crippen LogP contribution in [0.1, 0.15) is 22.3 Å². The molecule has 132 valence electrons. The molecule has 3 rings (SSSR count). The highest BCUT2D eigenvalue weighted by Crippen LogP contribution is 2.14. The van der Waals surface area contributed by atoms with Crippen molar-refractivity contribution in [3.8, 4) is 5.75 Å². The van der Waals surface area contributed by atoms with Crippen LogP contribution in [0.2, 0.25) is 0 Å². The number of aliphatic hydroxyl groups excluding tert-OH is 1. The molecule has 0 heterocycles. The largest absolute Gasteiger partial charge is 0.489 e. The van der Waals surface area contributed by atoms with Crippen LogP contribution < -0.4 is 4.74 Å². The lowest BCUT2D eigenvalue weighted by molar-refractivity contribution is 0.280. The Labute approximate surface area is 155 Å². The van der Waals surface area contributed by atoms with Crippen molar-refractivity contribution in [1.29, 1.82) is 0 Å². The van der Waals surface area contributed by atoms with E-state index in [0.717, 1.165) is 28.0 Å². The molecule has 0 spiro atoms. The molecule has 2 heteroatoms. The van der Waals surface area contributed by atoms with Crippen molar-refractivity contribution in [2.75, 3.05) is 0 Å². The molecule has 0 aliphatic rings. The zero-order chi connectivity index (χ0) is 18.6. The minimum absolute atomic E-state index is 0.0684. The standard InChI is InChI=1S/C14H14O2.C10H10/c15-10-12-6-8-14(9-7-12)16-11-13-4-2-1-3-5-13;1-3-9-7-5-6-8-10(9)4-2/h1-9,15H,10-11H2;3-8H,1-2H2. The van der Waals surface area contributed by atoms with E-state index in [1.165, 1.54) is 0 Å². The highest BCUT2D eigenvalue weighted by atomic mass is 16.5. The Hall–Kier alpha value is -3.10. The maximum absolute atomic E-state index is 8.90. The lowest BCUT2D eigenvalue weighted by atomic mass is 10.1. The summed E-state index contributed by atoms with van der Waals surface area (Å²) in [4.78, 5) is 0. The number of rotatable bonds is 6. The Balaban J connectivity index is 0.000000209. The summed E-state index contributed by atoms with van der Waals surface area (Å²) in [5.41, 5.74) is 4.32. The van der Waals surface area contributed by atoms with Gasteiger partial charge in [0.15, 0.2) is 0 Å². The maximum Gasteiger partial charge on any atom is 0.119 e. The third-order valence-corrected chi connectivity index (χ3v) is 3.79. The second-order valence-electron chi connectivity index (χ2n) is 5.61. The van der Waals surface area contributed by atoms with Gasteiger partial charge < -0.3 is 9.84 Å². The average molecular weight is 344 g/mol. The van der Waals surface area contributed by atoms with E-state index in [2.05, 4.69) is 13.2 Å². The van der Waals surface area contributed by atoms with E-state index >= 15 is 0 Å². The predicted molar refractivity (Wildman–Crippen MR) is 110 cm³/mol. The molecule has 0 aromatic heterocycles. The van der Waals surface area contributed by atoms with Crippen LogP contribution in [0.5, 0.6) is 5.75 Å². The second kappa shape index (κ2) is 10.7. The topological polar surface area (TPSA) is 29.5 Å². The highest BCUT2D eigenvalue weighted by molar-refractivity contribution is 5.63. The van der Waals surface area contributed by atoms with Gasteiger partial charge in [0.2, 0.25) is 0 Å². The van der Waals surface area contributed by atoms with Crippen LogP contribution in [-0.2, 0) is 13.2 Å². The fourth-order valence-electron chi connectivity index (χ4n) is 2.31. The van der Waals surface area contributed by atoms with Gasteiger partial charge in [-0.05, 0) is 34.4 Å². The zero-order valence-corrected chi connectivity index (χ0v) is 14.8. The van der Waals surface area contributed by atoms with Crippen molar-refractivity contribution < 1.29 is 9.84 Å². The summed E-state index contributed by atoms with van der Waals surface area (Å²) < 4.78 is 5.61. The van der Waals surface area contributed by atoms with Gasteiger partial charge in [-0.3, -0.25) is 0 Å². The first kappa shape index (κ1) is 19.2. The van der Waals surface area contributed by atoms with Gasteiger partial charge in [-0.2, -0.15) is 0 Å². The molecule has 3 aromatic carbocycles. The Kier molecular flexibility index (Phi) is 7.91. The SMILES string of the molecule is C=Cc1ccccc1C=C.OCc1ccc(OCc2ccccc2)cc1. The monoisotopic (exact) mass is 344 g/mol. The molecule has 0 amide bonds. The zero-order valence-electron chi connectivity index (χ0n) is 14.8. The molecule has 0 fully saturated rings. The van der Waals surface area contributed by atoms with Crippen molar-refractivity contribution >= 4 is 12.2 Å². The third-order valence-electron chi connectivity index (χ3n) is 3.79. The molecule has 0 unspecified atom stereocenters. The van der Waals surface area contributed by atoms with Gasteiger partial charge in [0.1, 0.15) is 12.4 Å². The van der Waals surface area contributed by atoms with Crippen LogP contribution in [0.4, 0.5) is 0 Å². The van der Waals surface area contributed by atoms with E-state index in [-0.39, 0.29) is 6.61 Å². The summed E-state index contributed by atoms with van der Waals surface area (Å²) in [6, 6.07) is 25.5. The third kappa shape index (κ3) is 6.08. The fourth-order valence-corrected chi connectivity index (χ4v) is 2.31. The van der Waals surface area contributed by atoms with Crippen LogP contribution in [0.25, 0.3) is 12.2 Å². The Bertz CT molecular complexity index is 778.